The van der Waals surface area contributed by atoms with Crippen molar-refractivity contribution in [2.45, 2.75) is 45.8 Å². The summed E-state index contributed by atoms with van der Waals surface area (Å²) in [5, 5.41) is -0.00583. The standard InChI is InChI=1S/C19H26BNO5S/c1-12(22)27-11-14(20-25-18(2,3)19(4,5)26-20)10-13-8-7-9-15(16(13)21)17(23)24-6/h7-10H,11,21H2,1-6H3. The SMILES string of the molecule is COC(=O)c1cccc(C=C(CSC(C)=O)B2OC(C)(C)C(C)(C)O2)c1N. The first-order chi connectivity index (χ1) is 12.5. The Balaban J connectivity index is 2.43. The number of carbonyl (C=O) groups excluding carboxylic acids is 2. The highest BCUT2D eigenvalue weighted by Gasteiger charge is 2.52. The zero-order valence-electron chi connectivity index (χ0n) is 16.6. The monoisotopic (exact) mass is 391 g/mol. The third-order valence-corrected chi connectivity index (χ3v) is 5.77. The van der Waals surface area contributed by atoms with Crippen molar-refractivity contribution in [2.24, 2.45) is 0 Å². The Morgan fingerprint density at radius 2 is 1.81 bits per heavy atom. The smallest absolute Gasteiger partial charge is 0.465 e. The summed E-state index contributed by atoms with van der Waals surface area (Å²) in [6.07, 6.45) is 1.82. The first-order valence-corrected chi connectivity index (χ1v) is 9.63. The van der Waals surface area contributed by atoms with Crippen LogP contribution < -0.4 is 5.73 Å². The number of esters is 1. The lowest BCUT2D eigenvalue weighted by molar-refractivity contribution is -0.109. The van der Waals surface area contributed by atoms with Gasteiger partial charge in [-0.05, 0) is 44.8 Å². The molecule has 1 aromatic rings. The molecule has 1 heterocycles. The number of hydrogen-bond acceptors (Lipinski definition) is 7. The van der Waals surface area contributed by atoms with Crippen LogP contribution in [0.3, 0.4) is 0 Å². The number of nitrogens with two attached hydrogens (primary N) is 1. The molecule has 0 bridgehead atoms. The van der Waals surface area contributed by atoms with E-state index in [2.05, 4.69) is 0 Å². The summed E-state index contributed by atoms with van der Waals surface area (Å²) in [6.45, 7) is 9.38. The van der Waals surface area contributed by atoms with E-state index in [4.69, 9.17) is 19.8 Å². The molecule has 1 saturated heterocycles. The van der Waals surface area contributed by atoms with Crippen LogP contribution in [0.5, 0.6) is 0 Å². The number of carbonyl (C=O) groups is 2. The highest BCUT2D eigenvalue weighted by atomic mass is 32.2. The van der Waals surface area contributed by atoms with Crippen LogP contribution in [0.25, 0.3) is 6.08 Å². The molecule has 0 aliphatic carbocycles. The van der Waals surface area contributed by atoms with E-state index in [-0.39, 0.29) is 5.12 Å². The molecule has 6 nitrogen and oxygen atoms in total. The second-order valence-electron chi connectivity index (χ2n) is 7.39. The summed E-state index contributed by atoms with van der Waals surface area (Å²) in [7, 11) is 0.701. The van der Waals surface area contributed by atoms with Gasteiger partial charge in [-0.3, -0.25) is 4.79 Å². The highest BCUT2D eigenvalue weighted by Crippen LogP contribution is 2.39. The first-order valence-electron chi connectivity index (χ1n) is 8.65. The molecule has 0 atom stereocenters. The van der Waals surface area contributed by atoms with Crippen LogP contribution in [0.1, 0.15) is 50.5 Å². The van der Waals surface area contributed by atoms with Crippen molar-refractivity contribution in [3.8, 4) is 0 Å². The van der Waals surface area contributed by atoms with Gasteiger partial charge in [-0.15, -0.1) is 0 Å². The zero-order chi connectivity index (χ0) is 20.4. The molecule has 1 aliphatic rings. The van der Waals surface area contributed by atoms with Crippen molar-refractivity contribution in [2.75, 3.05) is 18.6 Å². The maximum Gasteiger partial charge on any atom is 0.491 e. The van der Waals surface area contributed by atoms with Crippen LogP contribution in [0.15, 0.2) is 23.7 Å². The van der Waals surface area contributed by atoms with Gasteiger partial charge in [-0.25, -0.2) is 4.79 Å². The topological polar surface area (TPSA) is 87.9 Å². The van der Waals surface area contributed by atoms with Gasteiger partial charge >= 0.3 is 13.1 Å². The third-order valence-electron chi connectivity index (χ3n) is 4.88. The molecule has 8 heteroatoms. The molecule has 146 valence electrons. The van der Waals surface area contributed by atoms with Crippen LogP contribution in [0.2, 0.25) is 0 Å². The molecular formula is C19H26BNO5S. The van der Waals surface area contributed by atoms with E-state index in [0.717, 1.165) is 5.47 Å². The molecule has 0 radical (unpaired) electrons. The molecule has 0 aromatic heterocycles. The van der Waals surface area contributed by atoms with E-state index in [0.29, 0.717) is 22.6 Å². The third kappa shape index (κ3) is 4.75. The predicted octanol–water partition coefficient (Wildman–Crippen LogP) is 3.35. The fraction of sp³-hybridized carbons (Fsp3) is 0.474. The van der Waals surface area contributed by atoms with Crippen LogP contribution in [-0.4, -0.2) is 42.3 Å². The lowest BCUT2D eigenvalue weighted by atomic mass is 9.78. The van der Waals surface area contributed by atoms with Crippen LogP contribution in [-0.2, 0) is 18.8 Å². The minimum atomic E-state index is -0.608. The average Bonchev–Trinajstić information content (AvgIpc) is 2.79. The molecule has 1 aliphatic heterocycles. The van der Waals surface area contributed by atoms with Crippen molar-refractivity contribution in [3.63, 3.8) is 0 Å². The summed E-state index contributed by atoms with van der Waals surface area (Å²) >= 11 is 1.17. The Labute approximate surface area is 164 Å². The Morgan fingerprint density at radius 3 is 2.33 bits per heavy atom. The summed E-state index contributed by atoms with van der Waals surface area (Å²) in [6, 6.07) is 5.14. The summed E-state index contributed by atoms with van der Waals surface area (Å²) in [4.78, 5) is 23.4. The second kappa shape index (κ2) is 8.08. The van der Waals surface area contributed by atoms with Gasteiger partial charge in [0.1, 0.15) is 0 Å². The first kappa shape index (κ1) is 21.5. The minimum absolute atomic E-state index is 0.00583. The van der Waals surface area contributed by atoms with Gasteiger partial charge < -0.3 is 19.8 Å². The van der Waals surface area contributed by atoms with Crippen molar-refractivity contribution >= 4 is 41.7 Å². The number of thioether (sulfide) groups is 1. The molecular weight excluding hydrogens is 365 g/mol. The molecule has 27 heavy (non-hydrogen) atoms. The van der Waals surface area contributed by atoms with Gasteiger partial charge in [0.15, 0.2) is 5.12 Å². The molecule has 0 saturated carbocycles. The van der Waals surface area contributed by atoms with Gasteiger partial charge in [-0.1, -0.05) is 30.0 Å². The van der Waals surface area contributed by atoms with E-state index >= 15 is 0 Å². The second-order valence-corrected chi connectivity index (χ2v) is 8.54. The number of nitrogen functional groups attached to an aromatic ring is 1. The van der Waals surface area contributed by atoms with Crippen LogP contribution in [0, 0.1) is 0 Å². The Kier molecular flexibility index (Phi) is 6.45. The molecule has 2 N–H and O–H groups in total. The summed E-state index contributed by atoms with van der Waals surface area (Å²) in [5.41, 5.74) is 7.18. The number of hydrogen-bond donors (Lipinski definition) is 1. The Hall–Kier alpha value is -1.77. The van der Waals surface area contributed by atoms with Crippen LogP contribution >= 0.6 is 11.8 Å². The number of para-hydroxylation sites is 1. The fourth-order valence-electron chi connectivity index (χ4n) is 2.55. The van der Waals surface area contributed by atoms with E-state index in [1.165, 1.54) is 25.8 Å². The molecule has 0 amide bonds. The normalized spacial score (nSPS) is 18.4. The van der Waals surface area contributed by atoms with Gasteiger partial charge in [0.2, 0.25) is 0 Å². The number of benzene rings is 1. The van der Waals surface area contributed by atoms with Crippen molar-refractivity contribution in [1.82, 2.24) is 0 Å². The largest absolute Gasteiger partial charge is 0.491 e. The lowest BCUT2D eigenvalue weighted by Gasteiger charge is -2.32. The van der Waals surface area contributed by atoms with Gasteiger partial charge in [-0.2, -0.15) is 0 Å². The quantitative estimate of drug-likeness (QED) is 0.468. The lowest BCUT2D eigenvalue weighted by Crippen LogP contribution is -2.41. The fourth-order valence-corrected chi connectivity index (χ4v) is 3.14. The Morgan fingerprint density at radius 1 is 1.22 bits per heavy atom. The Bertz CT molecular complexity index is 759. The van der Waals surface area contributed by atoms with Gasteiger partial charge in [0.05, 0.1) is 29.6 Å². The van der Waals surface area contributed by atoms with E-state index < -0.39 is 24.3 Å². The molecule has 1 fully saturated rings. The van der Waals surface area contributed by atoms with E-state index in [1.807, 2.05) is 33.8 Å². The maximum absolute atomic E-state index is 11.9. The van der Waals surface area contributed by atoms with Crippen molar-refractivity contribution in [1.29, 1.82) is 0 Å². The minimum Gasteiger partial charge on any atom is -0.465 e. The van der Waals surface area contributed by atoms with E-state index in [9.17, 15) is 9.59 Å². The van der Waals surface area contributed by atoms with E-state index in [1.54, 1.807) is 18.2 Å². The van der Waals surface area contributed by atoms with Gasteiger partial charge in [0.25, 0.3) is 0 Å². The predicted molar refractivity (Wildman–Crippen MR) is 109 cm³/mol. The van der Waals surface area contributed by atoms with Crippen molar-refractivity contribution in [3.05, 3.63) is 34.8 Å². The molecule has 0 spiro atoms. The highest BCUT2D eigenvalue weighted by molar-refractivity contribution is 8.13. The maximum atomic E-state index is 11.9. The van der Waals surface area contributed by atoms with Gasteiger partial charge in [0, 0.05) is 12.7 Å². The number of ether oxygens (including phenoxy) is 1. The number of anilines is 1. The number of rotatable bonds is 5. The van der Waals surface area contributed by atoms with Crippen molar-refractivity contribution < 1.29 is 23.6 Å². The van der Waals surface area contributed by atoms with Crippen LogP contribution in [0.4, 0.5) is 5.69 Å². The number of methoxy groups -OCH3 is 1. The summed E-state index contributed by atoms with van der Waals surface area (Å²) < 4.78 is 17.0. The summed E-state index contributed by atoms with van der Waals surface area (Å²) in [5.74, 6) is -0.105. The zero-order valence-corrected chi connectivity index (χ0v) is 17.4. The average molecular weight is 391 g/mol. The molecule has 1 aromatic carbocycles. The molecule has 2 rings (SSSR count). The molecule has 0 unspecified atom stereocenters.